The van der Waals surface area contributed by atoms with Crippen LogP contribution in [0.25, 0.3) is 0 Å². The molecule has 0 aromatic heterocycles. The molecule has 4 heteroatoms. The highest BCUT2D eigenvalue weighted by molar-refractivity contribution is 4.87. The SMILES string of the molecule is COCCN1CC(CC#N)NCCC1C. The van der Waals surface area contributed by atoms with Crippen LogP contribution in [0.4, 0.5) is 0 Å². The minimum Gasteiger partial charge on any atom is -0.383 e. The van der Waals surface area contributed by atoms with Gasteiger partial charge in [0.1, 0.15) is 0 Å². The Kier molecular flexibility index (Phi) is 5.62. The average Bonchev–Trinajstić information content (AvgIpc) is 2.39. The highest BCUT2D eigenvalue weighted by atomic mass is 16.5. The van der Waals surface area contributed by atoms with Crippen molar-refractivity contribution in [3.63, 3.8) is 0 Å². The zero-order chi connectivity index (χ0) is 11.1. The van der Waals surface area contributed by atoms with Crippen LogP contribution in [0.2, 0.25) is 0 Å². The van der Waals surface area contributed by atoms with Crippen molar-refractivity contribution >= 4 is 0 Å². The number of hydrogen-bond acceptors (Lipinski definition) is 4. The van der Waals surface area contributed by atoms with Crippen LogP contribution in [0.3, 0.4) is 0 Å². The van der Waals surface area contributed by atoms with Gasteiger partial charge >= 0.3 is 0 Å². The highest BCUT2D eigenvalue weighted by Gasteiger charge is 2.21. The summed E-state index contributed by atoms with van der Waals surface area (Å²) in [6.07, 6.45) is 1.74. The van der Waals surface area contributed by atoms with E-state index in [9.17, 15) is 0 Å². The summed E-state index contributed by atoms with van der Waals surface area (Å²) in [7, 11) is 1.73. The molecule has 1 aliphatic heterocycles. The predicted octanol–water partition coefficient (Wildman–Crippen LogP) is 0.599. The van der Waals surface area contributed by atoms with Crippen molar-refractivity contribution in [1.29, 1.82) is 5.26 Å². The van der Waals surface area contributed by atoms with Crippen LogP contribution in [-0.4, -0.2) is 50.3 Å². The molecule has 0 saturated carbocycles. The number of ether oxygens (including phenoxy) is 1. The Labute approximate surface area is 92.2 Å². The maximum absolute atomic E-state index is 8.71. The molecule has 0 aromatic carbocycles. The van der Waals surface area contributed by atoms with Gasteiger partial charge in [-0.3, -0.25) is 4.90 Å². The normalized spacial score (nSPS) is 28.3. The lowest BCUT2D eigenvalue weighted by molar-refractivity contribution is 0.123. The molecule has 1 N–H and O–H groups in total. The standard InChI is InChI=1S/C11H21N3O/c1-10-4-6-13-11(3-5-12)9-14(10)7-8-15-2/h10-11,13H,3-4,6-9H2,1-2H3. The van der Waals surface area contributed by atoms with Gasteiger partial charge in [0.05, 0.1) is 19.1 Å². The molecule has 0 aliphatic carbocycles. The molecule has 1 rings (SSSR count). The fraction of sp³-hybridized carbons (Fsp3) is 0.909. The number of nitrogens with zero attached hydrogens (tertiary/aromatic N) is 2. The highest BCUT2D eigenvalue weighted by Crippen LogP contribution is 2.09. The summed E-state index contributed by atoms with van der Waals surface area (Å²) in [5.41, 5.74) is 0. The van der Waals surface area contributed by atoms with Crippen molar-refractivity contribution < 1.29 is 4.74 Å². The molecule has 0 aromatic rings. The van der Waals surface area contributed by atoms with Crippen molar-refractivity contribution in [3.8, 4) is 6.07 Å². The van der Waals surface area contributed by atoms with E-state index in [0.29, 0.717) is 18.5 Å². The third-order valence-electron chi connectivity index (χ3n) is 2.99. The molecule has 1 saturated heterocycles. The molecule has 1 heterocycles. The topological polar surface area (TPSA) is 48.3 Å². The van der Waals surface area contributed by atoms with Gasteiger partial charge in [-0.25, -0.2) is 0 Å². The number of nitrogens with one attached hydrogen (secondary N) is 1. The van der Waals surface area contributed by atoms with Gasteiger partial charge in [0.25, 0.3) is 0 Å². The molecule has 0 bridgehead atoms. The van der Waals surface area contributed by atoms with Gasteiger partial charge in [0, 0.05) is 32.3 Å². The summed E-state index contributed by atoms with van der Waals surface area (Å²) in [5, 5.41) is 12.1. The van der Waals surface area contributed by atoms with Crippen molar-refractivity contribution in [3.05, 3.63) is 0 Å². The second-order valence-electron chi connectivity index (χ2n) is 4.14. The van der Waals surface area contributed by atoms with Crippen LogP contribution in [0.5, 0.6) is 0 Å². The summed E-state index contributed by atoms with van der Waals surface area (Å²) in [6, 6.07) is 3.13. The molecular formula is C11H21N3O. The summed E-state index contributed by atoms with van der Waals surface area (Å²) >= 11 is 0. The Morgan fingerprint density at radius 3 is 3.07 bits per heavy atom. The van der Waals surface area contributed by atoms with Crippen LogP contribution in [0.1, 0.15) is 19.8 Å². The number of rotatable bonds is 4. The van der Waals surface area contributed by atoms with E-state index < -0.39 is 0 Å². The van der Waals surface area contributed by atoms with Crippen molar-refractivity contribution in [2.45, 2.75) is 31.8 Å². The van der Waals surface area contributed by atoms with E-state index in [1.165, 1.54) is 0 Å². The van der Waals surface area contributed by atoms with E-state index in [2.05, 4.69) is 23.2 Å². The first-order chi connectivity index (χ1) is 7.27. The smallest absolute Gasteiger partial charge is 0.0638 e. The Balaban J connectivity index is 2.45. The van der Waals surface area contributed by atoms with E-state index in [-0.39, 0.29) is 0 Å². The minimum atomic E-state index is 0.316. The van der Waals surface area contributed by atoms with Crippen LogP contribution >= 0.6 is 0 Å². The zero-order valence-corrected chi connectivity index (χ0v) is 9.70. The number of hydrogen-bond donors (Lipinski definition) is 1. The van der Waals surface area contributed by atoms with Crippen LogP contribution in [0, 0.1) is 11.3 Å². The van der Waals surface area contributed by atoms with Crippen LogP contribution < -0.4 is 5.32 Å². The summed E-state index contributed by atoms with van der Waals surface area (Å²) < 4.78 is 5.10. The molecule has 1 fully saturated rings. The van der Waals surface area contributed by atoms with Crippen molar-refractivity contribution in [2.75, 3.05) is 33.4 Å². The largest absolute Gasteiger partial charge is 0.383 e. The average molecular weight is 211 g/mol. The van der Waals surface area contributed by atoms with Gasteiger partial charge in [0.2, 0.25) is 0 Å². The Morgan fingerprint density at radius 1 is 1.60 bits per heavy atom. The van der Waals surface area contributed by atoms with Gasteiger partial charge in [-0.2, -0.15) is 5.26 Å². The molecule has 2 atom stereocenters. The van der Waals surface area contributed by atoms with E-state index in [1.807, 2.05) is 0 Å². The fourth-order valence-electron chi connectivity index (χ4n) is 1.97. The first-order valence-corrected chi connectivity index (χ1v) is 5.61. The molecular weight excluding hydrogens is 190 g/mol. The van der Waals surface area contributed by atoms with Gasteiger partial charge < -0.3 is 10.1 Å². The van der Waals surface area contributed by atoms with E-state index in [4.69, 9.17) is 10.00 Å². The van der Waals surface area contributed by atoms with Gasteiger partial charge in [-0.1, -0.05) is 0 Å². The predicted molar refractivity (Wildman–Crippen MR) is 59.5 cm³/mol. The van der Waals surface area contributed by atoms with Crippen molar-refractivity contribution in [2.24, 2.45) is 0 Å². The van der Waals surface area contributed by atoms with Crippen LogP contribution in [-0.2, 0) is 4.74 Å². The second-order valence-corrected chi connectivity index (χ2v) is 4.14. The van der Waals surface area contributed by atoms with Gasteiger partial charge in [-0.05, 0) is 19.9 Å². The first kappa shape index (κ1) is 12.4. The molecule has 0 radical (unpaired) electrons. The second kappa shape index (κ2) is 6.78. The zero-order valence-electron chi connectivity index (χ0n) is 9.70. The van der Waals surface area contributed by atoms with Crippen molar-refractivity contribution in [1.82, 2.24) is 10.2 Å². The van der Waals surface area contributed by atoms with Gasteiger partial charge in [0.15, 0.2) is 0 Å². The fourth-order valence-corrected chi connectivity index (χ4v) is 1.97. The Morgan fingerprint density at radius 2 is 2.40 bits per heavy atom. The maximum atomic E-state index is 8.71. The van der Waals surface area contributed by atoms with E-state index >= 15 is 0 Å². The molecule has 86 valence electrons. The molecule has 4 nitrogen and oxygen atoms in total. The lowest BCUT2D eigenvalue weighted by Crippen LogP contribution is -2.41. The monoisotopic (exact) mass is 211 g/mol. The van der Waals surface area contributed by atoms with Gasteiger partial charge in [-0.15, -0.1) is 0 Å². The summed E-state index contributed by atoms with van der Waals surface area (Å²) in [4.78, 5) is 2.41. The van der Waals surface area contributed by atoms with Crippen LogP contribution in [0.15, 0.2) is 0 Å². The Hall–Kier alpha value is -0.630. The number of nitriles is 1. The van der Waals surface area contributed by atoms with E-state index in [0.717, 1.165) is 32.7 Å². The molecule has 0 spiro atoms. The Bertz CT molecular complexity index is 214. The third kappa shape index (κ3) is 4.17. The molecule has 15 heavy (non-hydrogen) atoms. The third-order valence-corrected chi connectivity index (χ3v) is 2.99. The lowest BCUT2D eigenvalue weighted by Gasteiger charge is -2.27. The minimum absolute atomic E-state index is 0.316. The quantitative estimate of drug-likeness (QED) is 0.739. The molecule has 1 aliphatic rings. The maximum Gasteiger partial charge on any atom is 0.0638 e. The summed E-state index contributed by atoms with van der Waals surface area (Å²) in [6.45, 7) is 5.94. The number of methoxy groups -OCH3 is 1. The molecule has 0 amide bonds. The summed E-state index contributed by atoms with van der Waals surface area (Å²) in [5.74, 6) is 0. The van der Waals surface area contributed by atoms with E-state index in [1.54, 1.807) is 7.11 Å². The first-order valence-electron chi connectivity index (χ1n) is 5.61. The molecule has 2 unspecified atom stereocenters. The lowest BCUT2D eigenvalue weighted by atomic mass is 10.2.